The maximum absolute atomic E-state index is 11.4. The van der Waals surface area contributed by atoms with E-state index in [0.29, 0.717) is 12.5 Å². The summed E-state index contributed by atoms with van der Waals surface area (Å²) in [5.74, 6) is -0.0307. The van der Waals surface area contributed by atoms with E-state index in [0.717, 1.165) is 5.75 Å². The molecule has 0 heterocycles. The molecule has 0 aromatic rings. The molecule has 0 saturated carbocycles. The number of carbonyl (C=O) groups is 2. The highest BCUT2D eigenvalue weighted by Crippen LogP contribution is 2.02. The summed E-state index contributed by atoms with van der Waals surface area (Å²) in [5, 5.41) is 22.7. The van der Waals surface area contributed by atoms with Crippen molar-refractivity contribution in [3.63, 3.8) is 0 Å². The molecule has 0 radical (unpaired) electrons. The van der Waals surface area contributed by atoms with E-state index in [1.54, 1.807) is 11.8 Å². The fourth-order valence-electron chi connectivity index (χ4n) is 1.19. The molecule has 0 saturated heterocycles. The van der Waals surface area contributed by atoms with Crippen LogP contribution >= 0.6 is 11.8 Å². The zero-order valence-corrected chi connectivity index (χ0v) is 11.1. The molecular weight excluding hydrogens is 244 g/mol. The van der Waals surface area contributed by atoms with Gasteiger partial charge in [-0.15, -0.1) is 0 Å². The van der Waals surface area contributed by atoms with Crippen LogP contribution in [0.15, 0.2) is 0 Å². The zero-order valence-electron chi connectivity index (χ0n) is 10.3. The number of carboxylic acid groups (broad SMARTS) is 1. The third-order valence-corrected chi connectivity index (χ3v) is 3.00. The van der Waals surface area contributed by atoms with Crippen molar-refractivity contribution in [1.82, 2.24) is 10.6 Å². The van der Waals surface area contributed by atoms with Crippen LogP contribution in [0.5, 0.6) is 0 Å². The van der Waals surface area contributed by atoms with Crippen LogP contribution in [0.4, 0.5) is 4.79 Å². The number of hydrogen-bond acceptors (Lipinski definition) is 4. The highest BCUT2D eigenvalue weighted by molar-refractivity contribution is 7.98. The first-order valence-electron chi connectivity index (χ1n) is 5.32. The summed E-state index contributed by atoms with van der Waals surface area (Å²) in [6.07, 6.45) is 0.840. The Morgan fingerprint density at radius 2 is 1.94 bits per heavy atom. The van der Waals surface area contributed by atoms with Crippen molar-refractivity contribution in [3.05, 3.63) is 0 Å². The van der Waals surface area contributed by atoms with E-state index < -0.39 is 24.1 Å². The van der Waals surface area contributed by atoms with Crippen molar-refractivity contribution in [3.8, 4) is 0 Å². The lowest BCUT2D eigenvalue weighted by molar-refractivity contribution is -0.141. The molecule has 0 aromatic carbocycles. The smallest absolute Gasteiger partial charge is 0.328 e. The molecule has 3 atom stereocenters. The molecule has 0 spiro atoms. The molecular formula is C10H20N2O4S. The summed E-state index contributed by atoms with van der Waals surface area (Å²) in [6.45, 7) is 3.77. The van der Waals surface area contributed by atoms with Gasteiger partial charge in [0.1, 0.15) is 0 Å². The number of carboxylic acids is 1. The molecule has 100 valence electrons. The fraction of sp³-hybridized carbons (Fsp3) is 0.800. The normalized spacial score (nSPS) is 15.8. The van der Waals surface area contributed by atoms with Crippen LogP contribution in [-0.4, -0.2) is 52.9 Å². The van der Waals surface area contributed by atoms with Crippen LogP contribution in [-0.2, 0) is 4.79 Å². The molecule has 0 aliphatic rings. The Hall–Kier alpha value is -0.950. The molecule has 0 rings (SSSR count). The first kappa shape index (κ1) is 16.1. The molecule has 0 bridgehead atoms. The van der Waals surface area contributed by atoms with Crippen molar-refractivity contribution in [1.29, 1.82) is 0 Å². The first-order chi connectivity index (χ1) is 7.88. The van der Waals surface area contributed by atoms with Gasteiger partial charge in [0.25, 0.3) is 0 Å². The van der Waals surface area contributed by atoms with Gasteiger partial charge in [0.2, 0.25) is 0 Å². The van der Waals surface area contributed by atoms with Gasteiger partial charge in [-0.25, -0.2) is 9.59 Å². The molecule has 0 aromatic heterocycles. The summed E-state index contributed by atoms with van der Waals surface area (Å²) in [5.41, 5.74) is 0. The number of carbonyl (C=O) groups excluding carboxylic acids is 1. The van der Waals surface area contributed by atoms with E-state index in [9.17, 15) is 9.59 Å². The second kappa shape index (κ2) is 8.19. The van der Waals surface area contributed by atoms with E-state index >= 15 is 0 Å². The van der Waals surface area contributed by atoms with Crippen LogP contribution in [0.25, 0.3) is 0 Å². The van der Waals surface area contributed by atoms with Crippen LogP contribution in [0.1, 0.15) is 13.8 Å². The predicted molar refractivity (Wildman–Crippen MR) is 67.2 cm³/mol. The van der Waals surface area contributed by atoms with Gasteiger partial charge in [-0.2, -0.15) is 11.8 Å². The van der Waals surface area contributed by atoms with Gasteiger partial charge in [-0.1, -0.05) is 6.92 Å². The van der Waals surface area contributed by atoms with Gasteiger partial charge in [-0.3, -0.25) is 0 Å². The molecule has 17 heavy (non-hydrogen) atoms. The Labute approximate surface area is 105 Å². The molecule has 3 unspecified atom stereocenters. The molecule has 2 amide bonds. The van der Waals surface area contributed by atoms with Crippen molar-refractivity contribution < 1.29 is 19.8 Å². The quantitative estimate of drug-likeness (QED) is 0.523. The number of urea groups is 1. The molecule has 0 aliphatic carbocycles. The van der Waals surface area contributed by atoms with Crippen LogP contribution in [0, 0.1) is 5.92 Å². The second-order valence-corrected chi connectivity index (χ2v) is 4.88. The topological polar surface area (TPSA) is 98.7 Å². The zero-order chi connectivity index (χ0) is 13.4. The van der Waals surface area contributed by atoms with Crippen LogP contribution in [0.2, 0.25) is 0 Å². The van der Waals surface area contributed by atoms with E-state index in [-0.39, 0.29) is 0 Å². The molecule has 7 heteroatoms. The summed E-state index contributed by atoms with van der Waals surface area (Å²) >= 11 is 1.68. The lowest BCUT2D eigenvalue weighted by atomic mass is 10.2. The molecule has 0 fully saturated rings. The van der Waals surface area contributed by atoms with E-state index in [4.69, 9.17) is 10.2 Å². The number of aliphatic hydroxyl groups excluding tert-OH is 1. The minimum absolute atomic E-state index is 0.311. The standard InChI is InChI=1S/C10H20N2O4S/c1-6(5-17-3)4-11-10(16)12-8(7(2)13)9(14)15/h6-8,13H,4-5H2,1-3H3,(H,14,15)(H2,11,12,16). The molecule has 6 nitrogen and oxygen atoms in total. The second-order valence-electron chi connectivity index (χ2n) is 3.97. The van der Waals surface area contributed by atoms with Gasteiger partial charge >= 0.3 is 12.0 Å². The maximum atomic E-state index is 11.4. The Morgan fingerprint density at radius 3 is 2.35 bits per heavy atom. The van der Waals surface area contributed by atoms with Crippen LogP contribution < -0.4 is 10.6 Å². The summed E-state index contributed by atoms with van der Waals surface area (Å²) in [7, 11) is 0. The van der Waals surface area contributed by atoms with Crippen molar-refractivity contribution >= 4 is 23.8 Å². The minimum Gasteiger partial charge on any atom is -0.480 e. The first-order valence-corrected chi connectivity index (χ1v) is 6.72. The number of rotatable bonds is 7. The minimum atomic E-state index is -1.29. The molecule has 0 aliphatic heterocycles. The summed E-state index contributed by atoms with van der Waals surface area (Å²) in [6, 6.07) is -1.86. The summed E-state index contributed by atoms with van der Waals surface area (Å²) in [4.78, 5) is 22.1. The van der Waals surface area contributed by atoms with E-state index in [1.165, 1.54) is 6.92 Å². The summed E-state index contributed by atoms with van der Waals surface area (Å²) < 4.78 is 0. The molecule has 4 N–H and O–H groups in total. The fourth-order valence-corrected chi connectivity index (χ4v) is 1.88. The monoisotopic (exact) mass is 264 g/mol. The Kier molecular flexibility index (Phi) is 7.73. The van der Waals surface area contributed by atoms with Crippen LogP contribution in [0.3, 0.4) is 0 Å². The largest absolute Gasteiger partial charge is 0.480 e. The average molecular weight is 264 g/mol. The Morgan fingerprint density at radius 1 is 1.35 bits per heavy atom. The SMILES string of the molecule is CSCC(C)CNC(=O)NC(C(=O)O)C(C)O. The maximum Gasteiger partial charge on any atom is 0.328 e. The third kappa shape index (κ3) is 7.06. The Balaban J connectivity index is 4.03. The van der Waals surface area contributed by atoms with Gasteiger partial charge in [-0.05, 0) is 24.9 Å². The third-order valence-electron chi connectivity index (χ3n) is 2.10. The van der Waals surface area contributed by atoms with Gasteiger partial charge in [0.05, 0.1) is 6.10 Å². The number of thioether (sulfide) groups is 1. The van der Waals surface area contributed by atoms with Gasteiger partial charge < -0.3 is 20.8 Å². The van der Waals surface area contributed by atoms with Crippen molar-refractivity contribution in [2.24, 2.45) is 5.92 Å². The lowest BCUT2D eigenvalue weighted by Gasteiger charge is -2.18. The lowest BCUT2D eigenvalue weighted by Crippen LogP contribution is -2.51. The van der Waals surface area contributed by atoms with Crippen molar-refractivity contribution in [2.75, 3.05) is 18.6 Å². The number of amides is 2. The number of nitrogens with one attached hydrogen (secondary N) is 2. The Bertz CT molecular complexity index is 261. The van der Waals surface area contributed by atoms with Gasteiger partial charge in [0, 0.05) is 6.54 Å². The highest BCUT2D eigenvalue weighted by atomic mass is 32.2. The number of aliphatic carboxylic acids is 1. The predicted octanol–water partition coefficient (Wildman–Crippen LogP) is 0.119. The number of hydrogen-bond donors (Lipinski definition) is 4. The highest BCUT2D eigenvalue weighted by Gasteiger charge is 2.24. The van der Waals surface area contributed by atoms with E-state index in [2.05, 4.69) is 10.6 Å². The van der Waals surface area contributed by atoms with Gasteiger partial charge in [0.15, 0.2) is 6.04 Å². The van der Waals surface area contributed by atoms with E-state index in [1.807, 2.05) is 13.2 Å². The average Bonchev–Trinajstić information content (AvgIpc) is 2.22. The number of aliphatic hydroxyl groups is 1. The van der Waals surface area contributed by atoms with Crippen molar-refractivity contribution in [2.45, 2.75) is 26.0 Å².